The summed E-state index contributed by atoms with van der Waals surface area (Å²) in [7, 11) is 0. The van der Waals surface area contributed by atoms with Gasteiger partial charge in [0.25, 0.3) is 0 Å². The maximum Gasteiger partial charge on any atom is 1.00 e. The van der Waals surface area contributed by atoms with E-state index in [1.165, 1.54) is 5.01 Å². The van der Waals surface area contributed by atoms with E-state index in [2.05, 4.69) is 5.28 Å². The van der Waals surface area contributed by atoms with Crippen LogP contribution in [0.1, 0.15) is 19.3 Å². The minimum atomic E-state index is -0.242. The molecule has 0 aromatic heterocycles. The third-order valence-corrected chi connectivity index (χ3v) is 2.10. The summed E-state index contributed by atoms with van der Waals surface area (Å²) in [5.74, 6) is 0. The summed E-state index contributed by atoms with van der Waals surface area (Å²) in [4.78, 5) is 0.0278. The van der Waals surface area contributed by atoms with E-state index in [9.17, 15) is 10.4 Å². The number of hydrogen-bond donors (Lipinski definition) is 1. The maximum absolute atomic E-state index is 10.8. The van der Waals surface area contributed by atoms with Gasteiger partial charge in [0.2, 0.25) is 0 Å². The van der Waals surface area contributed by atoms with Crippen LogP contribution in [0.2, 0.25) is 0 Å². The van der Waals surface area contributed by atoms with Crippen LogP contribution in [0, 0.1) is 10.4 Å². The van der Waals surface area contributed by atoms with Crippen molar-refractivity contribution in [3.8, 4) is 0 Å². The predicted octanol–water partition coefficient (Wildman–Crippen LogP) is -2.79. The van der Waals surface area contributed by atoms with E-state index in [1.807, 2.05) is 0 Å². The second-order valence-corrected chi connectivity index (χ2v) is 2.83. The molecule has 0 spiro atoms. The molecule has 1 rings (SSSR count). The van der Waals surface area contributed by atoms with Crippen LogP contribution < -0.4 is 29.6 Å². The molecule has 0 bridgehead atoms. The molecule has 6 nitrogen and oxygen atoms in total. The Morgan fingerprint density at radius 2 is 2.23 bits per heavy atom. The zero-order valence-electron chi connectivity index (χ0n) is 7.72. The molecule has 0 aliphatic carbocycles. The number of aliphatic hydroxyl groups excluding tert-OH is 1. The van der Waals surface area contributed by atoms with Crippen LogP contribution in [-0.2, 0) is 0 Å². The fourth-order valence-corrected chi connectivity index (χ4v) is 1.44. The maximum atomic E-state index is 10.8. The summed E-state index contributed by atoms with van der Waals surface area (Å²) in [6.07, 6.45) is 2.59. The van der Waals surface area contributed by atoms with Gasteiger partial charge in [0.15, 0.2) is 0 Å². The van der Waals surface area contributed by atoms with Crippen LogP contribution in [0.5, 0.6) is 0 Å². The van der Waals surface area contributed by atoms with Gasteiger partial charge in [-0.2, -0.15) is 0 Å². The Morgan fingerprint density at radius 3 is 2.77 bits per heavy atom. The zero-order valence-corrected chi connectivity index (χ0v) is 9.72. The molecule has 0 aromatic rings. The molecule has 1 N–H and O–H groups in total. The molecule has 1 fully saturated rings. The Labute approximate surface area is 98.6 Å². The van der Waals surface area contributed by atoms with Crippen molar-refractivity contribution in [3.63, 3.8) is 0 Å². The van der Waals surface area contributed by atoms with Crippen LogP contribution >= 0.6 is 0 Å². The van der Waals surface area contributed by atoms with E-state index in [1.54, 1.807) is 0 Å². The van der Waals surface area contributed by atoms with Crippen molar-refractivity contribution in [2.45, 2.75) is 25.3 Å². The molecule has 1 aliphatic rings. The van der Waals surface area contributed by atoms with Gasteiger partial charge in [-0.1, -0.05) is 0 Å². The molecule has 0 radical (unpaired) electrons. The minimum absolute atomic E-state index is 0. The smallest absolute Gasteiger partial charge is 0.737 e. The van der Waals surface area contributed by atoms with Crippen LogP contribution in [0.15, 0.2) is 5.28 Å². The first kappa shape index (κ1) is 13.0. The number of hydrogen-bond acceptors (Lipinski definition) is 4. The standard InChI is InChI=1S/C6H13N3O3.Na/c10-5-6-3-1-2-4-8(6)9(12)7-11;/h6,10-11H,1-5H2;/q;+1/p-1/b9-7+;/t6-;/m0./s1. The Balaban J connectivity index is 0.00000144. The minimum Gasteiger partial charge on any atom is -0.737 e. The quantitative estimate of drug-likeness (QED) is 0.224. The molecule has 0 saturated carbocycles. The van der Waals surface area contributed by atoms with Gasteiger partial charge in [-0.05, 0) is 24.5 Å². The topological polar surface area (TPSA) is 85.0 Å². The predicted molar refractivity (Wildman–Crippen MR) is 40.9 cm³/mol. The van der Waals surface area contributed by atoms with Gasteiger partial charge in [-0.15, -0.1) is 5.01 Å². The van der Waals surface area contributed by atoms with Gasteiger partial charge in [0.05, 0.1) is 13.2 Å². The van der Waals surface area contributed by atoms with Crippen LogP contribution in [-0.4, -0.2) is 34.3 Å². The molecule has 1 aliphatic heterocycles. The summed E-state index contributed by atoms with van der Waals surface area (Å²) in [5.41, 5.74) is 0. The van der Waals surface area contributed by atoms with Gasteiger partial charge < -0.3 is 15.5 Å². The Hall–Kier alpha value is -0.0400. The van der Waals surface area contributed by atoms with Crippen molar-refractivity contribution in [2.75, 3.05) is 13.2 Å². The molecule has 0 unspecified atom stereocenters. The van der Waals surface area contributed by atoms with Gasteiger partial charge in [0.1, 0.15) is 6.04 Å². The fourth-order valence-electron chi connectivity index (χ4n) is 1.44. The van der Waals surface area contributed by atoms with Crippen LogP contribution in [0.4, 0.5) is 0 Å². The molecule has 70 valence electrons. The van der Waals surface area contributed by atoms with Gasteiger partial charge in [-0.25, -0.2) is 0 Å². The summed E-state index contributed by atoms with van der Waals surface area (Å²) >= 11 is 0. The summed E-state index contributed by atoms with van der Waals surface area (Å²) in [6, 6.07) is -0.242. The first-order valence-electron chi connectivity index (χ1n) is 3.97. The second-order valence-electron chi connectivity index (χ2n) is 2.83. The Morgan fingerprint density at radius 1 is 1.54 bits per heavy atom. The molecule has 1 atom stereocenters. The molecule has 1 saturated heterocycles. The third kappa shape index (κ3) is 3.30. The third-order valence-electron chi connectivity index (χ3n) is 2.10. The van der Waals surface area contributed by atoms with Crippen molar-refractivity contribution in [3.05, 3.63) is 10.4 Å². The van der Waals surface area contributed by atoms with E-state index in [0.717, 1.165) is 19.3 Å². The number of aliphatic hydroxyl groups is 1. The summed E-state index contributed by atoms with van der Waals surface area (Å²) < 4.78 is 0. The summed E-state index contributed by atoms with van der Waals surface area (Å²) in [6.45, 7) is 0.398. The zero-order chi connectivity index (χ0) is 8.97. The van der Waals surface area contributed by atoms with E-state index < -0.39 is 0 Å². The number of piperidine rings is 1. The normalized spacial score (nSPS) is 23.9. The molecule has 0 amide bonds. The monoisotopic (exact) mass is 197 g/mol. The molecule has 7 heteroatoms. The first-order valence-corrected chi connectivity index (χ1v) is 3.97. The molecular formula is C6H12N3NaO3. The first-order chi connectivity index (χ1) is 5.79. The van der Waals surface area contributed by atoms with Crippen molar-refractivity contribution < 1.29 is 39.6 Å². The van der Waals surface area contributed by atoms with Gasteiger partial charge in [-0.3, -0.25) is 0 Å². The Kier molecular flexibility index (Phi) is 6.40. The van der Waals surface area contributed by atoms with E-state index in [4.69, 9.17) is 5.11 Å². The van der Waals surface area contributed by atoms with E-state index in [-0.39, 0.29) is 47.2 Å². The number of nitrogens with zero attached hydrogens (tertiary/aromatic N) is 3. The van der Waals surface area contributed by atoms with E-state index in [0.29, 0.717) is 6.54 Å². The number of rotatable bonds is 2. The number of hydrazine groups is 1. The average Bonchev–Trinajstić information content (AvgIpc) is 2.16. The van der Waals surface area contributed by atoms with Crippen molar-refractivity contribution in [2.24, 2.45) is 5.28 Å². The van der Waals surface area contributed by atoms with Crippen molar-refractivity contribution in [1.82, 2.24) is 5.01 Å². The van der Waals surface area contributed by atoms with Gasteiger partial charge in [0, 0.05) is 4.97 Å². The average molecular weight is 197 g/mol. The van der Waals surface area contributed by atoms with Crippen LogP contribution in [0.3, 0.4) is 0 Å². The molecule has 13 heavy (non-hydrogen) atoms. The second kappa shape index (κ2) is 6.42. The van der Waals surface area contributed by atoms with Crippen LogP contribution in [0.25, 0.3) is 0 Å². The molecule has 0 aromatic carbocycles. The van der Waals surface area contributed by atoms with Gasteiger partial charge >= 0.3 is 29.6 Å². The van der Waals surface area contributed by atoms with Crippen molar-refractivity contribution in [1.29, 1.82) is 0 Å². The van der Waals surface area contributed by atoms with E-state index >= 15 is 0 Å². The SMILES string of the molecule is [Na+].[O-]/N=[N+](/[O-])N1CCCC[C@H]1CO. The largest absolute Gasteiger partial charge is 1.00 e. The molecular weight excluding hydrogens is 185 g/mol. The summed E-state index contributed by atoms with van der Waals surface area (Å²) in [5, 5.41) is 33.1. The fraction of sp³-hybridized carbons (Fsp3) is 1.00. The van der Waals surface area contributed by atoms with Crippen molar-refractivity contribution >= 4 is 0 Å². The molecule has 1 heterocycles. The Bertz CT molecular complexity index is 179.